The molecule has 1 aliphatic heterocycles. The summed E-state index contributed by atoms with van der Waals surface area (Å²) in [4.78, 5) is 14.1. The Hall–Kier alpha value is -0.680. The number of hydrogen-bond acceptors (Lipinski definition) is 4. The molecule has 0 aromatic carbocycles. The smallest absolute Gasteiger partial charge is 0.285 e. The van der Waals surface area contributed by atoms with Crippen molar-refractivity contribution in [3.8, 4) is 0 Å². The molecule has 1 saturated heterocycles. The molecule has 0 saturated carbocycles. The van der Waals surface area contributed by atoms with Crippen LogP contribution < -0.4 is 0 Å². The standard InChI is InChI=1S/C10H14ClN3OS/c1-6(2)7-4-3-5-14(7)9(15)8-12-13-10(11)16-8/h6-7H,3-5H2,1-2H3. The van der Waals surface area contributed by atoms with Crippen LogP contribution in [0, 0.1) is 5.92 Å². The molecular formula is C10H14ClN3OS. The summed E-state index contributed by atoms with van der Waals surface area (Å²) in [5, 5.41) is 7.87. The van der Waals surface area contributed by atoms with Crippen molar-refractivity contribution in [2.75, 3.05) is 6.54 Å². The minimum atomic E-state index is -0.0272. The van der Waals surface area contributed by atoms with Crippen LogP contribution in [0.2, 0.25) is 4.47 Å². The maximum atomic E-state index is 12.2. The van der Waals surface area contributed by atoms with Crippen LogP contribution in [0.15, 0.2) is 0 Å². The van der Waals surface area contributed by atoms with E-state index >= 15 is 0 Å². The number of nitrogens with zero attached hydrogens (tertiary/aromatic N) is 3. The molecule has 16 heavy (non-hydrogen) atoms. The van der Waals surface area contributed by atoms with Gasteiger partial charge in [-0.2, -0.15) is 0 Å². The van der Waals surface area contributed by atoms with E-state index in [-0.39, 0.29) is 5.91 Å². The molecule has 1 fully saturated rings. The number of hydrogen-bond donors (Lipinski definition) is 0. The van der Waals surface area contributed by atoms with Gasteiger partial charge in [-0.15, -0.1) is 10.2 Å². The van der Waals surface area contributed by atoms with Gasteiger partial charge in [0.2, 0.25) is 9.47 Å². The van der Waals surface area contributed by atoms with E-state index in [9.17, 15) is 4.79 Å². The van der Waals surface area contributed by atoms with Crippen molar-refractivity contribution in [2.45, 2.75) is 32.7 Å². The summed E-state index contributed by atoms with van der Waals surface area (Å²) in [6.45, 7) is 5.10. The van der Waals surface area contributed by atoms with Gasteiger partial charge in [0, 0.05) is 12.6 Å². The highest BCUT2D eigenvalue weighted by Crippen LogP contribution is 2.26. The maximum absolute atomic E-state index is 12.2. The van der Waals surface area contributed by atoms with E-state index in [1.807, 2.05) is 4.90 Å². The van der Waals surface area contributed by atoms with Crippen LogP contribution in [-0.4, -0.2) is 33.6 Å². The van der Waals surface area contributed by atoms with Gasteiger partial charge in [-0.3, -0.25) is 4.79 Å². The Bertz CT molecular complexity index is 393. The summed E-state index contributed by atoms with van der Waals surface area (Å²) in [5.41, 5.74) is 0. The van der Waals surface area contributed by atoms with Crippen LogP contribution >= 0.6 is 22.9 Å². The van der Waals surface area contributed by atoms with E-state index in [0.29, 0.717) is 21.4 Å². The third-order valence-electron chi connectivity index (χ3n) is 2.91. The second-order valence-corrected chi connectivity index (χ2v) is 5.87. The number of carbonyl (C=O) groups is 1. The predicted octanol–water partition coefficient (Wildman–Crippen LogP) is 2.45. The van der Waals surface area contributed by atoms with E-state index in [1.54, 1.807) is 0 Å². The molecule has 2 heterocycles. The fraction of sp³-hybridized carbons (Fsp3) is 0.700. The third-order valence-corrected chi connectivity index (χ3v) is 3.92. The average Bonchev–Trinajstić information content (AvgIpc) is 2.84. The normalized spacial score (nSPS) is 20.8. The van der Waals surface area contributed by atoms with Gasteiger partial charge >= 0.3 is 0 Å². The van der Waals surface area contributed by atoms with E-state index in [4.69, 9.17) is 11.6 Å². The van der Waals surface area contributed by atoms with Crippen LogP contribution in [-0.2, 0) is 0 Å². The number of aromatic nitrogens is 2. The van der Waals surface area contributed by atoms with Crippen LogP contribution in [0.5, 0.6) is 0 Å². The van der Waals surface area contributed by atoms with E-state index in [0.717, 1.165) is 30.7 Å². The summed E-state index contributed by atoms with van der Waals surface area (Å²) in [5.74, 6) is 0.454. The lowest BCUT2D eigenvalue weighted by atomic mass is 10.0. The monoisotopic (exact) mass is 259 g/mol. The zero-order chi connectivity index (χ0) is 11.7. The second-order valence-electron chi connectivity index (χ2n) is 4.31. The zero-order valence-corrected chi connectivity index (χ0v) is 10.9. The van der Waals surface area contributed by atoms with Crippen molar-refractivity contribution >= 4 is 28.8 Å². The topological polar surface area (TPSA) is 46.1 Å². The fourth-order valence-electron chi connectivity index (χ4n) is 2.15. The maximum Gasteiger partial charge on any atom is 0.285 e. The predicted molar refractivity (Wildman–Crippen MR) is 63.8 cm³/mol. The van der Waals surface area contributed by atoms with Gasteiger partial charge in [-0.1, -0.05) is 25.2 Å². The molecule has 4 nitrogen and oxygen atoms in total. The van der Waals surface area contributed by atoms with Crippen LogP contribution in [0.4, 0.5) is 0 Å². The Morgan fingerprint density at radius 3 is 2.88 bits per heavy atom. The number of carbonyl (C=O) groups excluding carboxylic acids is 1. The first kappa shape index (κ1) is 11.8. The quantitative estimate of drug-likeness (QED) is 0.820. The number of amides is 1. The first-order valence-electron chi connectivity index (χ1n) is 5.39. The highest BCUT2D eigenvalue weighted by molar-refractivity contribution is 7.17. The molecule has 1 aliphatic rings. The van der Waals surface area contributed by atoms with Gasteiger partial charge in [0.05, 0.1) is 0 Å². The van der Waals surface area contributed by atoms with Crippen molar-refractivity contribution in [3.63, 3.8) is 0 Å². The minimum absolute atomic E-state index is 0.0272. The Labute approximate surface area is 104 Å². The number of halogens is 1. The lowest BCUT2D eigenvalue weighted by Gasteiger charge is -2.26. The largest absolute Gasteiger partial charge is 0.333 e. The molecule has 0 N–H and O–H groups in total. The van der Waals surface area contributed by atoms with E-state index in [2.05, 4.69) is 24.0 Å². The van der Waals surface area contributed by atoms with Crippen LogP contribution in [0.3, 0.4) is 0 Å². The first-order chi connectivity index (χ1) is 7.59. The molecule has 1 aromatic rings. The Morgan fingerprint density at radius 2 is 2.31 bits per heavy atom. The Kier molecular flexibility index (Phi) is 3.44. The molecule has 0 aliphatic carbocycles. The minimum Gasteiger partial charge on any atom is -0.333 e. The van der Waals surface area contributed by atoms with Crippen molar-refractivity contribution in [1.29, 1.82) is 0 Å². The lowest BCUT2D eigenvalue weighted by molar-refractivity contribution is 0.0700. The molecule has 88 valence electrons. The number of likely N-dealkylation sites (tertiary alicyclic amines) is 1. The molecule has 1 unspecified atom stereocenters. The molecule has 0 bridgehead atoms. The van der Waals surface area contributed by atoms with E-state index in [1.165, 1.54) is 0 Å². The summed E-state index contributed by atoms with van der Waals surface area (Å²) >= 11 is 6.83. The van der Waals surface area contributed by atoms with Gasteiger partial charge in [-0.25, -0.2) is 0 Å². The van der Waals surface area contributed by atoms with Crippen molar-refractivity contribution in [1.82, 2.24) is 15.1 Å². The Balaban J connectivity index is 2.15. The lowest BCUT2D eigenvalue weighted by Crippen LogP contribution is -2.38. The summed E-state index contributed by atoms with van der Waals surface area (Å²) in [7, 11) is 0. The SMILES string of the molecule is CC(C)C1CCCN1C(=O)c1nnc(Cl)s1. The molecule has 0 radical (unpaired) electrons. The van der Waals surface area contributed by atoms with Crippen molar-refractivity contribution in [2.24, 2.45) is 5.92 Å². The van der Waals surface area contributed by atoms with Crippen molar-refractivity contribution in [3.05, 3.63) is 9.47 Å². The van der Waals surface area contributed by atoms with Crippen LogP contribution in [0.25, 0.3) is 0 Å². The molecule has 0 spiro atoms. The van der Waals surface area contributed by atoms with Gasteiger partial charge in [0.1, 0.15) is 0 Å². The molecule has 1 amide bonds. The second kappa shape index (κ2) is 4.67. The molecule has 2 rings (SSSR count). The van der Waals surface area contributed by atoms with Gasteiger partial charge < -0.3 is 4.90 Å². The summed E-state index contributed by atoms with van der Waals surface area (Å²) in [6, 6.07) is 0.329. The Morgan fingerprint density at radius 1 is 1.56 bits per heavy atom. The zero-order valence-electron chi connectivity index (χ0n) is 9.31. The molecule has 1 aromatic heterocycles. The van der Waals surface area contributed by atoms with E-state index < -0.39 is 0 Å². The first-order valence-corrected chi connectivity index (χ1v) is 6.59. The average molecular weight is 260 g/mol. The third kappa shape index (κ3) is 2.20. The van der Waals surface area contributed by atoms with Gasteiger partial charge in [0.25, 0.3) is 5.91 Å². The molecule has 1 atom stereocenters. The summed E-state index contributed by atoms with van der Waals surface area (Å²) in [6.07, 6.45) is 2.15. The highest BCUT2D eigenvalue weighted by Gasteiger charge is 2.32. The van der Waals surface area contributed by atoms with Crippen LogP contribution in [0.1, 0.15) is 36.5 Å². The fourth-order valence-corrected chi connectivity index (χ4v) is 2.94. The molecule has 6 heteroatoms. The number of rotatable bonds is 2. The summed E-state index contributed by atoms with van der Waals surface area (Å²) < 4.78 is 0.323. The highest BCUT2D eigenvalue weighted by atomic mass is 35.5. The molecular weight excluding hydrogens is 246 g/mol. The van der Waals surface area contributed by atoms with Gasteiger partial charge in [-0.05, 0) is 30.4 Å². The van der Waals surface area contributed by atoms with Crippen molar-refractivity contribution < 1.29 is 4.79 Å². The van der Waals surface area contributed by atoms with Gasteiger partial charge in [0.15, 0.2) is 0 Å².